The van der Waals surface area contributed by atoms with Gasteiger partial charge in [0, 0.05) is 18.5 Å². The first-order valence-corrected chi connectivity index (χ1v) is 10.6. The predicted octanol–water partition coefficient (Wildman–Crippen LogP) is 5.03. The smallest absolute Gasteiger partial charge is 0.416 e. The highest BCUT2D eigenvalue weighted by atomic mass is 19.4. The summed E-state index contributed by atoms with van der Waals surface area (Å²) in [7, 11) is 0. The highest BCUT2D eigenvalue weighted by Gasteiger charge is 2.31. The van der Waals surface area contributed by atoms with Gasteiger partial charge < -0.3 is 14.3 Å². The van der Waals surface area contributed by atoms with E-state index >= 15 is 0 Å². The van der Waals surface area contributed by atoms with Gasteiger partial charge in [0.25, 0.3) is 0 Å². The number of carboxylic acids is 1. The zero-order valence-electron chi connectivity index (χ0n) is 17.7. The van der Waals surface area contributed by atoms with Gasteiger partial charge in [-0.2, -0.15) is 13.2 Å². The summed E-state index contributed by atoms with van der Waals surface area (Å²) in [5.74, 6) is 0.160. The molecule has 0 radical (unpaired) electrons. The fourth-order valence-corrected chi connectivity index (χ4v) is 3.85. The number of carbonyl (C=O) groups is 1. The van der Waals surface area contributed by atoms with E-state index in [1.54, 1.807) is 0 Å². The molecule has 1 atom stereocenters. The van der Waals surface area contributed by atoms with E-state index < -0.39 is 23.8 Å². The highest BCUT2D eigenvalue weighted by Crippen LogP contribution is 2.31. The minimum Gasteiger partial charge on any atom is -0.493 e. The van der Waals surface area contributed by atoms with Crippen LogP contribution >= 0.6 is 0 Å². The van der Waals surface area contributed by atoms with Crippen LogP contribution in [0.3, 0.4) is 0 Å². The number of hydrogen-bond acceptors (Lipinski definition) is 5. The zero-order valence-corrected chi connectivity index (χ0v) is 17.7. The van der Waals surface area contributed by atoms with Crippen LogP contribution in [0.5, 0.6) is 5.75 Å². The van der Waals surface area contributed by atoms with E-state index in [9.17, 15) is 23.1 Å². The molecule has 1 N–H and O–H groups in total. The molecule has 0 aliphatic carbocycles. The Morgan fingerprint density at radius 2 is 1.88 bits per heavy atom. The first kappa shape index (κ1) is 22.8. The molecule has 2 aromatic carbocycles. The number of halogens is 3. The van der Waals surface area contributed by atoms with Gasteiger partial charge in [0.15, 0.2) is 0 Å². The van der Waals surface area contributed by atoms with E-state index in [0.717, 1.165) is 30.7 Å². The summed E-state index contributed by atoms with van der Waals surface area (Å²) >= 11 is 0. The quantitative estimate of drug-likeness (QED) is 0.508. The van der Waals surface area contributed by atoms with Crippen molar-refractivity contribution in [3.05, 3.63) is 71.6 Å². The van der Waals surface area contributed by atoms with Crippen molar-refractivity contribution in [3.8, 4) is 17.2 Å². The molecule has 4 rings (SSSR count). The lowest BCUT2D eigenvalue weighted by Crippen LogP contribution is -2.35. The van der Waals surface area contributed by atoms with Gasteiger partial charge in [-0.25, -0.2) is 4.98 Å². The number of oxazole rings is 1. The van der Waals surface area contributed by atoms with Crippen molar-refractivity contribution in [2.75, 3.05) is 13.2 Å². The molecule has 2 heterocycles. The number of rotatable bonds is 8. The summed E-state index contributed by atoms with van der Waals surface area (Å²) in [6, 6.07) is 11.8. The van der Waals surface area contributed by atoms with Crippen LogP contribution in [0.15, 0.2) is 59.2 Å². The highest BCUT2D eigenvalue weighted by molar-refractivity contribution is 5.73. The largest absolute Gasteiger partial charge is 0.493 e. The summed E-state index contributed by atoms with van der Waals surface area (Å²) in [5.41, 5.74) is 1.40. The number of nitrogens with zero attached hydrogens (tertiary/aromatic N) is 2. The molecule has 1 aromatic heterocycles. The van der Waals surface area contributed by atoms with Gasteiger partial charge in [-0.3, -0.25) is 9.69 Å². The molecule has 174 valence electrons. The molecule has 3 aromatic rings. The standard InChI is InChI=1S/C24H23F3N2O4/c25-24(26,27)18-7-5-17(6-8-18)22-28-19(15-33-22)11-13-32-20-9-3-16(4-10-20)14-29-12-1-2-21(29)23(30)31/h3-10,15,21H,1-2,11-14H2,(H,30,31). The van der Waals surface area contributed by atoms with Crippen LogP contribution in [0.4, 0.5) is 13.2 Å². The Kier molecular flexibility index (Phi) is 6.69. The maximum atomic E-state index is 12.7. The first-order valence-electron chi connectivity index (χ1n) is 10.6. The average molecular weight is 460 g/mol. The molecule has 0 spiro atoms. The van der Waals surface area contributed by atoms with E-state index in [4.69, 9.17) is 9.15 Å². The van der Waals surface area contributed by atoms with Gasteiger partial charge in [-0.05, 0) is 61.3 Å². The Balaban J connectivity index is 1.27. The molecule has 0 bridgehead atoms. The summed E-state index contributed by atoms with van der Waals surface area (Å²) in [6.07, 6.45) is -0.876. The van der Waals surface area contributed by atoms with Crippen LogP contribution < -0.4 is 4.74 Å². The fraction of sp³-hybridized carbons (Fsp3) is 0.333. The van der Waals surface area contributed by atoms with E-state index in [0.29, 0.717) is 43.0 Å². The lowest BCUT2D eigenvalue weighted by atomic mass is 10.1. The number of aliphatic carboxylic acids is 1. The van der Waals surface area contributed by atoms with Gasteiger partial charge in [0.05, 0.1) is 17.9 Å². The molecule has 9 heteroatoms. The third-order valence-corrected chi connectivity index (χ3v) is 5.60. The molecule has 1 unspecified atom stereocenters. The SMILES string of the molecule is O=C(O)C1CCCN1Cc1ccc(OCCc2coc(-c3ccc(C(F)(F)F)cc3)n2)cc1. The van der Waals surface area contributed by atoms with Crippen LogP contribution in [0.1, 0.15) is 29.7 Å². The van der Waals surface area contributed by atoms with Gasteiger partial charge in [-0.1, -0.05) is 12.1 Å². The van der Waals surface area contributed by atoms with Crippen molar-refractivity contribution in [1.82, 2.24) is 9.88 Å². The normalized spacial score (nSPS) is 16.8. The number of benzene rings is 2. The second-order valence-corrected chi connectivity index (χ2v) is 7.93. The van der Waals surface area contributed by atoms with Crippen LogP contribution in [0.25, 0.3) is 11.5 Å². The lowest BCUT2D eigenvalue weighted by molar-refractivity contribution is -0.142. The summed E-state index contributed by atoms with van der Waals surface area (Å²) < 4.78 is 49.2. The molecule has 6 nitrogen and oxygen atoms in total. The minimum absolute atomic E-state index is 0.254. The lowest BCUT2D eigenvalue weighted by Gasteiger charge is -2.21. The molecule has 1 aliphatic rings. The molecule has 1 fully saturated rings. The Labute approximate surface area is 188 Å². The molecule has 0 amide bonds. The molecular formula is C24H23F3N2O4. The molecule has 0 saturated carbocycles. The van der Waals surface area contributed by atoms with Gasteiger partial charge in [-0.15, -0.1) is 0 Å². The monoisotopic (exact) mass is 460 g/mol. The third-order valence-electron chi connectivity index (χ3n) is 5.60. The van der Waals surface area contributed by atoms with Gasteiger partial charge >= 0.3 is 12.1 Å². The number of hydrogen-bond donors (Lipinski definition) is 1. The summed E-state index contributed by atoms with van der Waals surface area (Å²) in [5, 5.41) is 9.29. The average Bonchev–Trinajstić information content (AvgIpc) is 3.44. The minimum atomic E-state index is -4.38. The second-order valence-electron chi connectivity index (χ2n) is 7.93. The molecule has 1 aliphatic heterocycles. The van der Waals surface area contributed by atoms with E-state index in [1.807, 2.05) is 29.2 Å². The fourth-order valence-electron chi connectivity index (χ4n) is 3.85. The van der Waals surface area contributed by atoms with Crippen LogP contribution in [0.2, 0.25) is 0 Å². The summed E-state index contributed by atoms with van der Waals surface area (Å²) in [4.78, 5) is 17.6. The number of likely N-dealkylation sites (tertiary alicyclic amines) is 1. The van der Waals surface area contributed by atoms with Gasteiger partial charge in [0.2, 0.25) is 5.89 Å². The van der Waals surface area contributed by atoms with E-state index in [1.165, 1.54) is 18.4 Å². The van der Waals surface area contributed by atoms with Crippen LogP contribution in [-0.2, 0) is 23.9 Å². The third kappa shape index (κ3) is 5.73. The Hall–Kier alpha value is -3.33. The number of alkyl halides is 3. The van der Waals surface area contributed by atoms with Crippen molar-refractivity contribution < 1.29 is 32.2 Å². The van der Waals surface area contributed by atoms with E-state index in [2.05, 4.69) is 4.98 Å². The molecule has 33 heavy (non-hydrogen) atoms. The number of aromatic nitrogens is 1. The van der Waals surface area contributed by atoms with Crippen LogP contribution in [-0.4, -0.2) is 40.2 Å². The van der Waals surface area contributed by atoms with E-state index in [-0.39, 0.29) is 5.89 Å². The maximum absolute atomic E-state index is 12.7. The number of ether oxygens (including phenoxy) is 1. The van der Waals surface area contributed by atoms with Crippen molar-refractivity contribution in [2.45, 2.75) is 38.0 Å². The Morgan fingerprint density at radius 1 is 1.15 bits per heavy atom. The topological polar surface area (TPSA) is 75.8 Å². The molecule has 1 saturated heterocycles. The van der Waals surface area contributed by atoms with Crippen LogP contribution in [0, 0.1) is 0 Å². The predicted molar refractivity (Wildman–Crippen MR) is 114 cm³/mol. The molecular weight excluding hydrogens is 437 g/mol. The van der Waals surface area contributed by atoms with Gasteiger partial charge in [0.1, 0.15) is 18.1 Å². The van der Waals surface area contributed by atoms with Crippen molar-refractivity contribution >= 4 is 5.97 Å². The van der Waals surface area contributed by atoms with Crippen molar-refractivity contribution in [2.24, 2.45) is 0 Å². The first-order chi connectivity index (χ1) is 15.8. The Bertz CT molecular complexity index is 1080. The summed E-state index contributed by atoms with van der Waals surface area (Å²) in [6.45, 7) is 1.72. The Morgan fingerprint density at radius 3 is 2.55 bits per heavy atom. The van der Waals surface area contributed by atoms with Crippen molar-refractivity contribution in [1.29, 1.82) is 0 Å². The zero-order chi connectivity index (χ0) is 23.4. The second kappa shape index (κ2) is 9.66. The van der Waals surface area contributed by atoms with Crippen molar-refractivity contribution in [3.63, 3.8) is 0 Å². The maximum Gasteiger partial charge on any atom is 0.416 e. The number of carboxylic acid groups (broad SMARTS) is 1.